The summed E-state index contributed by atoms with van der Waals surface area (Å²) >= 11 is 15.8. The van der Waals surface area contributed by atoms with Crippen LogP contribution in [-0.4, -0.2) is 16.8 Å². The Bertz CT molecular complexity index is 583. The minimum Gasteiger partial charge on any atom is -0.308 e. The molecule has 1 atom stereocenters. The van der Waals surface area contributed by atoms with Crippen LogP contribution in [0.2, 0.25) is 10.0 Å². The Hall–Kier alpha value is -0.550. The van der Waals surface area contributed by atoms with E-state index in [0.717, 1.165) is 22.3 Å². The lowest BCUT2D eigenvalue weighted by molar-refractivity contribution is 0.562. The van der Waals surface area contributed by atoms with Crippen LogP contribution < -0.4 is 5.32 Å². The van der Waals surface area contributed by atoms with Gasteiger partial charge in [0.15, 0.2) is 0 Å². The van der Waals surface area contributed by atoms with Crippen LogP contribution in [0.25, 0.3) is 0 Å². The van der Waals surface area contributed by atoms with Crippen LogP contribution >= 0.6 is 39.1 Å². The molecule has 0 saturated carbocycles. The summed E-state index contributed by atoms with van der Waals surface area (Å²) in [5, 5.41) is 8.89. The molecule has 0 aliphatic rings. The van der Waals surface area contributed by atoms with Crippen molar-refractivity contribution in [2.24, 2.45) is 0 Å². The molecule has 0 amide bonds. The van der Waals surface area contributed by atoms with Gasteiger partial charge in [-0.1, -0.05) is 29.3 Å². The summed E-state index contributed by atoms with van der Waals surface area (Å²) in [5.74, 6) is 0. The van der Waals surface area contributed by atoms with Gasteiger partial charge in [0.05, 0.1) is 22.4 Å². The molecular formula is C13H14BrCl2N3. The maximum atomic E-state index is 6.30. The SMILES string of the molecule is CCn1ncc(Br)c1C(NC)c1ccc(Cl)cc1Cl. The maximum Gasteiger partial charge on any atom is 0.0771 e. The monoisotopic (exact) mass is 361 g/mol. The number of nitrogens with one attached hydrogen (secondary N) is 1. The van der Waals surface area contributed by atoms with Gasteiger partial charge in [-0.25, -0.2) is 0 Å². The van der Waals surface area contributed by atoms with Crippen LogP contribution in [0.1, 0.15) is 24.2 Å². The molecule has 0 bridgehead atoms. The maximum absolute atomic E-state index is 6.30. The van der Waals surface area contributed by atoms with Gasteiger partial charge in [-0.3, -0.25) is 4.68 Å². The van der Waals surface area contributed by atoms with Gasteiger partial charge in [0.1, 0.15) is 0 Å². The summed E-state index contributed by atoms with van der Waals surface area (Å²) in [4.78, 5) is 0. The highest BCUT2D eigenvalue weighted by molar-refractivity contribution is 9.10. The molecule has 102 valence electrons. The second kappa shape index (κ2) is 6.27. The predicted molar refractivity (Wildman–Crippen MR) is 83.0 cm³/mol. The van der Waals surface area contributed by atoms with Crippen molar-refractivity contribution in [1.29, 1.82) is 0 Å². The van der Waals surface area contributed by atoms with E-state index in [4.69, 9.17) is 23.2 Å². The van der Waals surface area contributed by atoms with Gasteiger partial charge in [0.25, 0.3) is 0 Å². The fraction of sp³-hybridized carbons (Fsp3) is 0.308. The van der Waals surface area contributed by atoms with E-state index < -0.39 is 0 Å². The standard InChI is InChI=1S/C13H14BrCl2N3/c1-3-19-13(10(14)7-18-19)12(17-2)9-5-4-8(15)6-11(9)16/h4-7,12,17H,3H2,1-2H3. The van der Waals surface area contributed by atoms with Crippen LogP contribution in [0.5, 0.6) is 0 Å². The molecule has 0 aliphatic heterocycles. The minimum atomic E-state index is -0.0402. The number of rotatable bonds is 4. The zero-order valence-corrected chi connectivity index (χ0v) is 13.7. The highest BCUT2D eigenvalue weighted by Gasteiger charge is 2.22. The van der Waals surface area contributed by atoms with Gasteiger partial charge >= 0.3 is 0 Å². The zero-order chi connectivity index (χ0) is 14.0. The lowest BCUT2D eigenvalue weighted by Gasteiger charge is -2.20. The van der Waals surface area contributed by atoms with Crippen LogP contribution in [0.15, 0.2) is 28.9 Å². The first-order chi connectivity index (χ1) is 9.08. The average molecular weight is 363 g/mol. The highest BCUT2D eigenvalue weighted by Crippen LogP contribution is 2.33. The molecule has 2 rings (SSSR count). The predicted octanol–water partition coefficient (Wildman–Crippen LogP) is 4.28. The Morgan fingerprint density at radius 2 is 2.16 bits per heavy atom. The van der Waals surface area contributed by atoms with Gasteiger partial charge in [0, 0.05) is 16.6 Å². The van der Waals surface area contributed by atoms with Crippen molar-refractivity contribution in [3.63, 3.8) is 0 Å². The van der Waals surface area contributed by atoms with Gasteiger partial charge in [-0.15, -0.1) is 0 Å². The van der Waals surface area contributed by atoms with Crippen molar-refractivity contribution in [2.45, 2.75) is 19.5 Å². The van der Waals surface area contributed by atoms with E-state index in [2.05, 4.69) is 33.3 Å². The van der Waals surface area contributed by atoms with Crippen molar-refractivity contribution in [2.75, 3.05) is 7.05 Å². The molecule has 1 aromatic heterocycles. The van der Waals surface area contributed by atoms with Crippen LogP contribution in [0.3, 0.4) is 0 Å². The van der Waals surface area contributed by atoms with E-state index in [9.17, 15) is 0 Å². The molecule has 0 radical (unpaired) electrons. The molecule has 1 N–H and O–H groups in total. The summed E-state index contributed by atoms with van der Waals surface area (Å²) in [5.41, 5.74) is 2.03. The molecule has 0 saturated heterocycles. The van der Waals surface area contributed by atoms with E-state index >= 15 is 0 Å². The van der Waals surface area contributed by atoms with E-state index in [-0.39, 0.29) is 6.04 Å². The first kappa shape index (κ1) is 14.9. The normalized spacial score (nSPS) is 12.7. The number of halogens is 3. The topological polar surface area (TPSA) is 29.9 Å². The molecule has 1 unspecified atom stereocenters. The molecular weight excluding hydrogens is 349 g/mol. The van der Waals surface area contributed by atoms with Crippen molar-refractivity contribution in [3.8, 4) is 0 Å². The van der Waals surface area contributed by atoms with Gasteiger partial charge in [0.2, 0.25) is 0 Å². The second-order valence-corrected chi connectivity index (χ2v) is 5.78. The third kappa shape index (κ3) is 2.97. The number of nitrogens with zero attached hydrogens (tertiary/aromatic N) is 2. The first-order valence-electron chi connectivity index (χ1n) is 5.91. The molecule has 0 aliphatic carbocycles. The fourth-order valence-electron chi connectivity index (χ4n) is 2.09. The van der Waals surface area contributed by atoms with Crippen LogP contribution in [-0.2, 0) is 6.54 Å². The largest absolute Gasteiger partial charge is 0.308 e. The summed E-state index contributed by atoms with van der Waals surface area (Å²) in [6, 6.07) is 5.49. The molecule has 0 fully saturated rings. The Morgan fingerprint density at radius 3 is 2.74 bits per heavy atom. The Morgan fingerprint density at radius 1 is 1.42 bits per heavy atom. The summed E-state index contributed by atoms with van der Waals surface area (Å²) in [6.07, 6.45) is 1.80. The smallest absolute Gasteiger partial charge is 0.0771 e. The van der Waals surface area contributed by atoms with E-state index in [0.29, 0.717) is 10.0 Å². The summed E-state index contributed by atoms with van der Waals surface area (Å²) < 4.78 is 2.90. The molecule has 0 spiro atoms. The van der Waals surface area contributed by atoms with Gasteiger partial charge < -0.3 is 5.32 Å². The quantitative estimate of drug-likeness (QED) is 0.879. The zero-order valence-electron chi connectivity index (χ0n) is 10.6. The van der Waals surface area contributed by atoms with Crippen molar-refractivity contribution in [3.05, 3.63) is 50.2 Å². The number of benzene rings is 1. The van der Waals surface area contributed by atoms with Crippen molar-refractivity contribution >= 4 is 39.1 Å². The lowest BCUT2D eigenvalue weighted by atomic mass is 10.0. The van der Waals surface area contributed by atoms with Crippen LogP contribution in [0, 0.1) is 0 Å². The van der Waals surface area contributed by atoms with E-state index in [1.165, 1.54) is 0 Å². The second-order valence-electron chi connectivity index (χ2n) is 4.08. The molecule has 1 aromatic carbocycles. The Labute approximate surface area is 131 Å². The Balaban J connectivity index is 2.52. The van der Waals surface area contributed by atoms with E-state index in [1.807, 2.05) is 23.9 Å². The number of hydrogen-bond donors (Lipinski definition) is 1. The van der Waals surface area contributed by atoms with Crippen molar-refractivity contribution < 1.29 is 0 Å². The molecule has 1 heterocycles. The van der Waals surface area contributed by atoms with Gasteiger partial charge in [-0.2, -0.15) is 5.10 Å². The molecule has 3 nitrogen and oxygen atoms in total. The highest BCUT2D eigenvalue weighted by atomic mass is 79.9. The van der Waals surface area contributed by atoms with E-state index in [1.54, 1.807) is 12.3 Å². The third-order valence-corrected chi connectivity index (χ3v) is 4.14. The number of aryl methyl sites for hydroxylation is 1. The number of aromatic nitrogens is 2. The average Bonchev–Trinajstić information content (AvgIpc) is 2.74. The van der Waals surface area contributed by atoms with Crippen LogP contribution in [0.4, 0.5) is 0 Å². The molecule has 19 heavy (non-hydrogen) atoms. The first-order valence-corrected chi connectivity index (χ1v) is 7.46. The lowest BCUT2D eigenvalue weighted by Crippen LogP contribution is -2.22. The fourth-order valence-corrected chi connectivity index (χ4v) is 3.13. The number of hydrogen-bond acceptors (Lipinski definition) is 2. The summed E-state index contributed by atoms with van der Waals surface area (Å²) in [7, 11) is 1.90. The third-order valence-electron chi connectivity index (χ3n) is 2.97. The summed E-state index contributed by atoms with van der Waals surface area (Å²) in [6.45, 7) is 2.85. The van der Waals surface area contributed by atoms with Gasteiger partial charge in [-0.05, 0) is 47.6 Å². The molecule has 2 aromatic rings. The molecule has 6 heteroatoms. The minimum absolute atomic E-state index is 0.0402. The Kier molecular flexibility index (Phi) is 4.90. The van der Waals surface area contributed by atoms with Crippen molar-refractivity contribution in [1.82, 2.24) is 15.1 Å².